The van der Waals surface area contributed by atoms with Crippen molar-refractivity contribution in [3.05, 3.63) is 35.4 Å². The van der Waals surface area contributed by atoms with Crippen LogP contribution in [0.5, 0.6) is 0 Å². The number of aliphatic imine (C=N–C) groups is 1. The van der Waals surface area contributed by atoms with Crippen molar-refractivity contribution in [2.24, 2.45) is 16.3 Å². The van der Waals surface area contributed by atoms with E-state index in [1.54, 1.807) is 6.08 Å². The zero-order valence-electron chi connectivity index (χ0n) is 12.9. The average Bonchev–Trinajstić information content (AvgIpc) is 2.45. The maximum Gasteiger partial charge on any atom is 0.235 e. The van der Waals surface area contributed by atoms with Crippen LogP contribution in [0.3, 0.4) is 0 Å². The lowest BCUT2D eigenvalue weighted by Gasteiger charge is -2.37. The number of hydrogen-bond acceptors (Lipinski definition) is 2. The van der Waals surface area contributed by atoms with Gasteiger partial charge in [0, 0.05) is 0 Å². The van der Waals surface area contributed by atoms with Crippen LogP contribution in [0.2, 0.25) is 0 Å². The summed E-state index contributed by atoms with van der Waals surface area (Å²) in [6.07, 6.45) is 6.86. The van der Waals surface area contributed by atoms with Gasteiger partial charge in [0.2, 0.25) is 6.08 Å². The standard InChI is InChI=1S/C18H25NO/c1-18(2,3)17-10-8-16(9-11-17)15-6-4-14(5-7-15)12-19-13-20/h4-7,16-17H,8-12H2,1-3H3. The van der Waals surface area contributed by atoms with Crippen LogP contribution < -0.4 is 0 Å². The minimum Gasteiger partial charge on any atom is -0.211 e. The number of isocyanates is 1. The Kier molecular flexibility index (Phi) is 4.77. The van der Waals surface area contributed by atoms with Gasteiger partial charge in [-0.2, -0.15) is 0 Å². The molecule has 0 amide bonds. The Morgan fingerprint density at radius 2 is 1.70 bits per heavy atom. The minimum atomic E-state index is 0.445. The van der Waals surface area contributed by atoms with Gasteiger partial charge in [0.15, 0.2) is 0 Å². The van der Waals surface area contributed by atoms with Gasteiger partial charge in [-0.3, -0.25) is 0 Å². The molecule has 0 atom stereocenters. The van der Waals surface area contributed by atoms with Crippen molar-refractivity contribution in [2.45, 2.75) is 58.9 Å². The molecule has 2 nitrogen and oxygen atoms in total. The van der Waals surface area contributed by atoms with Crippen LogP contribution in [0.15, 0.2) is 29.3 Å². The summed E-state index contributed by atoms with van der Waals surface area (Å²) in [7, 11) is 0. The van der Waals surface area contributed by atoms with E-state index in [0.29, 0.717) is 17.9 Å². The number of carbonyl (C=O) groups excluding carboxylic acids is 1. The lowest BCUT2D eigenvalue weighted by Crippen LogP contribution is -2.25. The quantitative estimate of drug-likeness (QED) is 0.571. The summed E-state index contributed by atoms with van der Waals surface area (Å²) in [4.78, 5) is 13.7. The van der Waals surface area contributed by atoms with Gasteiger partial charge in [-0.25, -0.2) is 9.79 Å². The fraction of sp³-hybridized carbons (Fsp3) is 0.611. The summed E-state index contributed by atoms with van der Waals surface area (Å²) < 4.78 is 0. The van der Waals surface area contributed by atoms with Crippen molar-refractivity contribution in [1.29, 1.82) is 0 Å². The first kappa shape index (κ1) is 15.0. The Morgan fingerprint density at radius 1 is 1.10 bits per heavy atom. The molecule has 108 valence electrons. The van der Waals surface area contributed by atoms with Crippen LogP contribution in [-0.2, 0) is 11.3 Å². The van der Waals surface area contributed by atoms with Gasteiger partial charge >= 0.3 is 0 Å². The van der Waals surface area contributed by atoms with Gasteiger partial charge in [-0.15, -0.1) is 0 Å². The molecule has 20 heavy (non-hydrogen) atoms. The largest absolute Gasteiger partial charge is 0.235 e. The lowest BCUT2D eigenvalue weighted by atomic mass is 9.68. The monoisotopic (exact) mass is 271 g/mol. The van der Waals surface area contributed by atoms with Crippen molar-refractivity contribution < 1.29 is 4.79 Å². The van der Waals surface area contributed by atoms with E-state index in [-0.39, 0.29) is 0 Å². The molecule has 1 aromatic carbocycles. The van der Waals surface area contributed by atoms with Gasteiger partial charge in [-0.05, 0) is 54.1 Å². The number of nitrogens with zero attached hydrogens (tertiary/aromatic N) is 1. The molecule has 0 N–H and O–H groups in total. The molecule has 0 aromatic heterocycles. The van der Waals surface area contributed by atoms with E-state index in [0.717, 1.165) is 11.5 Å². The summed E-state index contributed by atoms with van der Waals surface area (Å²) in [6, 6.07) is 8.59. The molecule has 1 aliphatic carbocycles. The molecule has 2 rings (SSSR count). The van der Waals surface area contributed by atoms with E-state index in [4.69, 9.17) is 0 Å². The molecule has 1 aliphatic rings. The topological polar surface area (TPSA) is 29.4 Å². The Bertz CT molecular complexity index is 469. The van der Waals surface area contributed by atoms with E-state index in [1.807, 2.05) is 0 Å². The van der Waals surface area contributed by atoms with Crippen molar-refractivity contribution >= 4 is 6.08 Å². The maximum absolute atomic E-state index is 10.1. The minimum absolute atomic E-state index is 0.445. The van der Waals surface area contributed by atoms with Gasteiger partial charge in [0.25, 0.3) is 0 Å². The molecule has 1 saturated carbocycles. The molecule has 0 unspecified atom stereocenters. The summed E-state index contributed by atoms with van der Waals surface area (Å²) in [5.74, 6) is 1.57. The summed E-state index contributed by atoms with van der Waals surface area (Å²) >= 11 is 0. The van der Waals surface area contributed by atoms with E-state index >= 15 is 0 Å². The normalized spacial score (nSPS) is 23.1. The molecule has 0 bridgehead atoms. The predicted molar refractivity (Wildman–Crippen MR) is 82.4 cm³/mol. The first-order valence-corrected chi connectivity index (χ1v) is 7.63. The highest BCUT2D eigenvalue weighted by Gasteiger charge is 2.30. The highest BCUT2D eigenvalue weighted by Crippen LogP contribution is 2.43. The number of rotatable bonds is 3. The van der Waals surface area contributed by atoms with E-state index < -0.39 is 0 Å². The van der Waals surface area contributed by atoms with Crippen molar-refractivity contribution in [3.63, 3.8) is 0 Å². The molecule has 0 spiro atoms. The second-order valence-corrected chi connectivity index (χ2v) is 7.06. The molecular weight excluding hydrogens is 246 g/mol. The van der Waals surface area contributed by atoms with Gasteiger partial charge in [-0.1, -0.05) is 45.0 Å². The zero-order valence-corrected chi connectivity index (χ0v) is 12.9. The molecular formula is C18H25NO. The first-order valence-electron chi connectivity index (χ1n) is 7.63. The van der Waals surface area contributed by atoms with Gasteiger partial charge in [0.05, 0.1) is 6.54 Å². The molecule has 0 radical (unpaired) electrons. The third-order valence-corrected chi connectivity index (χ3v) is 4.73. The summed E-state index contributed by atoms with van der Waals surface area (Å²) in [5, 5.41) is 0. The SMILES string of the molecule is CC(C)(C)C1CCC(c2ccc(CN=C=O)cc2)CC1. The smallest absolute Gasteiger partial charge is 0.211 e. The maximum atomic E-state index is 10.1. The molecule has 0 saturated heterocycles. The van der Waals surface area contributed by atoms with Gasteiger partial charge in [0.1, 0.15) is 0 Å². The number of hydrogen-bond donors (Lipinski definition) is 0. The van der Waals surface area contributed by atoms with Crippen LogP contribution in [0, 0.1) is 11.3 Å². The molecule has 0 aliphatic heterocycles. The van der Waals surface area contributed by atoms with Crippen LogP contribution in [0.4, 0.5) is 0 Å². The molecule has 2 heteroatoms. The Morgan fingerprint density at radius 3 is 2.20 bits per heavy atom. The Balaban J connectivity index is 1.95. The Labute approximate surface area is 122 Å². The van der Waals surface area contributed by atoms with E-state index in [2.05, 4.69) is 50.0 Å². The van der Waals surface area contributed by atoms with Crippen LogP contribution in [-0.4, -0.2) is 6.08 Å². The third kappa shape index (κ3) is 3.80. The molecule has 0 heterocycles. The fourth-order valence-corrected chi connectivity index (χ4v) is 3.31. The van der Waals surface area contributed by atoms with Crippen LogP contribution in [0.25, 0.3) is 0 Å². The Hall–Kier alpha value is -1.40. The van der Waals surface area contributed by atoms with Crippen LogP contribution >= 0.6 is 0 Å². The average molecular weight is 271 g/mol. The van der Waals surface area contributed by atoms with Crippen molar-refractivity contribution in [2.75, 3.05) is 0 Å². The predicted octanol–water partition coefficient (Wildman–Crippen LogP) is 4.84. The van der Waals surface area contributed by atoms with Gasteiger partial charge < -0.3 is 0 Å². The number of benzene rings is 1. The highest BCUT2D eigenvalue weighted by molar-refractivity contribution is 5.34. The van der Waals surface area contributed by atoms with E-state index in [1.165, 1.54) is 31.2 Å². The highest BCUT2D eigenvalue weighted by atomic mass is 16.1. The molecule has 1 aromatic rings. The fourth-order valence-electron chi connectivity index (χ4n) is 3.31. The van der Waals surface area contributed by atoms with Crippen molar-refractivity contribution in [3.8, 4) is 0 Å². The lowest BCUT2D eigenvalue weighted by molar-refractivity contribution is 0.169. The first-order chi connectivity index (χ1) is 9.50. The van der Waals surface area contributed by atoms with Crippen LogP contribution in [0.1, 0.15) is 63.5 Å². The zero-order chi connectivity index (χ0) is 14.6. The van der Waals surface area contributed by atoms with E-state index in [9.17, 15) is 4.79 Å². The second-order valence-electron chi connectivity index (χ2n) is 7.06. The summed E-state index contributed by atoms with van der Waals surface area (Å²) in [6.45, 7) is 7.53. The second kappa shape index (κ2) is 6.37. The van der Waals surface area contributed by atoms with Crippen molar-refractivity contribution in [1.82, 2.24) is 0 Å². The third-order valence-electron chi connectivity index (χ3n) is 4.73. The summed E-state index contributed by atoms with van der Waals surface area (Å²) in [5.41, 5.74) is 2.97. The molecule has 1 fully saturated rings.